The van der Waals surface area contributed by atoms with E-state index in [1.807, 2.05) is 6.92 Å². The molecule has 2 atom stereocenters. The van der Waals surface area contributed by atoms with Gasteiger partial charge in [0.05, 0.1) is 29.3 Å². The Morgan fingerprint density at radius 2 is 1.82 bits per heavy atom. The molecular formula is C29H39N3O8. The number of hydrogen-bond acceptors (Lipinski definition) is 8. The second-order valence-corrected chi connectivity index (χ2v) is 10.1. The summed E-state index contributed by atoms with van der Waals surface area (Å²) in [6.07, 6.45) is 6.08. The fraction of sp³-hybridized carbons (Fsp3) is 0.586. The average Bonchev–Trinajstić information content (AvgIpc) is 3.18. The molecule has 0 aromatic heterocycles. The van der Waals surface area contributed by atoms with Gasteiger partial charge in [-0.3, -0.25) is 39.0 Å². The first-order chi connectivity index (χ1) is 19.3. The summed E-state index contributed by atoms with van der Waals surface area (Å²) in [4.78, 5) is 75.3. The highest BCUT2D eigenvalue weighted by Crippen LogP contribution is 2.32. The Hall–Kier alpha value is -3.60. The van der Waals surface area contributed by atoms with Crippen LogP contribution >= 0.6 is 0 Å². The van der Waals surface area contributed by atoms with Crippen molar-refractivity contribution in [2.24, 2.45) is 5.92 Å². The molecule has 1 aromatic carbocycles. The zero-order valence-electron chi connectivity index (χ0n) is 23.3. The Balaban J connectivity index is 1.37. The molecule has 0 bridgehead atoms. The first-order valence-corrected chi connectivity index (χ1v) is 14.2. The molecule has 11 heteroatoms. The summed E-state index contributed by atoms with van der Waals surface area (Å²) in [6, 6.07) is 3.52. The van der Waals surface area contributed by atoms with Crippen LogP contribution in [0.4, 0.5) is 5.69 Å². The van der Waals surface area contributed by atoms with Gasteiger partial charge in [0.15, 0.2) is 0 Å². The minimum absolute atomic E-state index is 0.0321. The normalized spacial score (nSPS) is 17.4. The number of nitrogens with zero attached hydrogens (tertiary/aromatic N) is 1. The van der Waals surface area contributed by atoms with E-state index in [9.17, 15) is 28.8 Å². The fourth-order valence-electron chi connectivity index (χ4n) is 4.86. The van der Waals surface area contributed by atoms with Gasteiger partial charge in [-0.05, 0) is 44.2 Å². The van der Waals surface area contributed by atoms with Gasteiger partial charge in [-0.2, -0.15) is 0 Å². The lowest BCUT2D eigenvalue weighted by Gasteiger charge is -2.27. The zero-order chi connectivity index (χ0) is 29.1. The van der Waals surface area contributed by atoms with Crippen molar-refractivity contribution in [2.45, 2.75) is 84.1 Å². The van der Waals surface area contributed by atoms with E-state index in [-0.39, 0.29) is 60.5 Å². The molecule has 11 nitrogen and oxygen atoms in total. The summed E-state index contributed by atoms with van der Waals surface area (Å²) in [5.74, 6) is -2.93. The Labute approximate surface area is 234 Å². The summed E-state index contributed by atoms with van der Waals surface area (Å²) in [6.45, 7) is 5.14. The number of carbonyl (C=O) groups is 6. The second kappa shape index (κ2) is 15.3. The topological polar surface area (TPSA) is 148 Å². The molecule has 2 aliphatic rings. The minimum Gasteiger partial charge on any atom is -0.463 e. The molecule has 1 fully saturated rings. The van der Waals surface area contributed by atoms with Gasteiger partial charge in [0, 0.05) is 19.4 Å². The van der Waals surface area contributed by atoms with Crippen LogP contribution in [-0.4, -0.2) is 66.3 Å². The van der Waals surface area contributed by atoms with E-state index < -0.39 is 29.7 Å². The summed E-state index contributed by atoms with van der Waals surface area (Å²) in [7, 11) is 0. The predicted molar refractivity (Wildman–Crippen MR) is 145 cm³/mol. The van der Waals surface area contributed by atoms with Crippen molar-refractivity contribution in [2.75, 3.05) is 25.1 Å². The van der Waals surface area contributed by atoms with E-state index in [0.29, 0.717) is 19.6 Å². The van der Waals surface area contributed by atoms with Crippen molar-refractivity contribution in [3.8, 4) is 0 Å². The van der Waals surface area contributed by atoms with Gasteiger partial charge in [-0.1, -0.05) is 39.2 Å². The van der Waals surface area contributed by atoms with Crippen molar-refractivity contribution >= 4 is 41.2 Å². The predicted octanol–water partition coefficient (Wildman–Crippen LogP) is 3.36. The summed E-state index contributed by atoms with van der Waals surface area (Å²) < 4.78 is 10.8. The first kappa shape index (κ1) is 30.9. The summed E-state index contributed by atoms with van der Waals surface area (Å²) in [5.41, 5.74) is 0.380. The zero-order valence-corrected chi connectivity index (χ0v) is 23.3. The molecule has 218 valence electrons. The van der Waals surface area contributed by atoms with E-state index >= 15 is 0 Å². The van der Waals surface area contributed by atoms with Crippen LogP contribution < -0.4 is 10.6 Å². The number of esters is 1. The number of imide groups is 2. The van der Waals surface area contributed by atoms with Crippen LogP contribution in [-0.2, 0) is 28.7 Å². The first-order valence-electron chi connectivity index (χ1n) is 14.2. The fourth-order valence-corrected chi connectivity index (χ4v) is 4.86. The number of unbranched alkanes of at least 4 members (excludes halogenated alkanes) is 3. The van der Waals surface area contributed by atoms with Gasteiger partial charge < -0.3 is 14.8 Å². The molecule has 0 radical (unpaired) electrons. The van der Waals surface area contributed by atoms with Crippen molar-refractivity contribution in [3.63, 3.8) is 0 Å². The maximum absolute atomic E-state index is 13.1. The van der Waals surface area contributed by atoms with Gasteiger partial charge in [-0.15, -0.1) is 0 Å². The number of carbonyl (C=O) groups excluding carboxylic acids is 6. The van der Waals surface area contributed by atoms with Crippen LogP contribution in [0.1, 0.15) is 98.8 Å². The monoisotopic (exact) mass is 557 g/mol. The van der Waals surface area contributed by atoms with E-state index in [2.05, 4.69) is 17.6 Å². The highest BCUT2D eigenvalue weighted by Gasteiger charge is 2.45. The maximum Gasteiger partial charge on any atom is 0.308 e. The Bertz CT molecular complexity index is 1120. The quantitative estimate of drug-likeness (QED) is 0.179. The molecule has 40 heavy (non-hydrogen) atoms. The number of nitrogens with one attached hydrogen (secondary N) is 2. The molecule has 5 amide bonds. The third-order valence-corrected chi connectivity index (χ3v) is 7.14. The molecule has 1 saturated heterocycles. The second-order valence-electron chi connectivity index (χ2n) is 10.1. The van der Waals surface area contributed by atoms with Crippen LogP contribution in [0, 0.1) is 5.92 Å². The minimum atomic E-state index is -1.07. The summed E-state index contributed by atoms with van der Waals surface area (Å²) in [5, 5.41) is 4.88. The lowest BCUT2D eigenvalue weighted by Crippen LogP contribution is -2.54. The SMILES string of the molecule is CCCCC(CC)C(=O)OCCOCCCCCC(=O)Nc1cccc2c1C(=O)N(C1CCC(=O)NC1=O)C2=O. The smallest absolute Gasteiger partial charge is 0.308 e. The number of amides is 5. The largest absolute Gasteiger partial charge is 0.463 e. The lowest BCUT2D eigenvalue weighted by atomic mass is 10.00. The summed E-state index contributed by atoms with van der Waals surface area (Å²) >= 11 is 0. The highest BCUT2D eigenvalue weighted by atomic mass is 16.6. The van der Waals surface area contributed by atoms with Gasteiger partial charge in [0.25, 0.3) is 11.8 Å². The standard InChI is InChI=1S/C29H39N3O8/c1-3-5-10-19(4-2)29(38)40-18-17-39-16-8-6-7-13-23(33)30-21-12-9-11-20-25(21)28(37)32(27(20)36)22-14-15-24(34)31-26(22)35/h9,11-12,19,22H,3-8,10,13-18H2,1-2H3,(H,30,33)(H,31,34,35). The Kier molecular flexibility index (Phi) is 11.8. The average molecular weight is 558 g/mol. The Morgan fingerprint density at radius 1 is 1.02 bits per heavy atom. The maximum atomic E-state index is 13.1. The number of anilines is 1. The van der Waals surface area contributed by atoms with Crippen molar-refractivity contribution in [1.82, 2.24) is 10.2 Å². The molecule has 1 aromatic rings. The van der Waals surface area contributed by atoms with E-state index in [1.165, 1.54) is 6.07 Å². The molecule has 3 rings (SSSR count). The van der Waals surface area contributed by atoms with Gasteiger partial charge in [-0.25, -0.2) is 0 Å². The van der Waals surface area contributed by atoms with E-state index in [0.717, 1.165) is 43.4 Å². The molecule has 2 unspecified atom stereocenters. The van der Waals surface area contributed by atoms with Gasteiger partial charge in [0.1, 0.15) is 12.6 Å². The molecule has 2 N–H and O–H groups in total. The molecule has 0 aliphatic carbocycles. The number of ether oxygens (including phenoxy) is 2. The number of fused-ring (bicyclic) bond motifs is 1. The lowest BCUT2D eigenvalue weighted by molar-refractivity contribution is -0.150. The Morgan fingerprint density at radius 3 is 2.55 bits per heavy atom. The van der Waals surface area contributed by atoms with Crippen LogP contribution in [0.3, 0.4) is 0 Å². The van der Waals surface area contributed by atoms with Crippen LogP contribution in [0.2, 0.25) is 0 Å². The molecular weight excluding hydrogens is 518 g/mol. The van der Waals surface area contributed by atoms with Crippen molar-refractivity contribution in [3.05, 3.63) is 29.3 Å². The molecule has 0 saturated carbocycles. The number of hydrogen-bond donors (Lipinski definition) is 2. The number of rotatable bonds is 16. The molecule has 0 spiro atoms. The van der Waals surface area contributed by atoms with Crippen LogP contribution in [0.25, 0.3) is 0 Å². The van der Waals surface area contributed by atoms with Crippen molar-refractivity contribution in [1.29, 1.82) is 0 Å². The van der Waals surface area contributed by atoms with E-state index in [1.54, 1.807) is 12.1 Å². The third-order valence-electron chi connectivity index (χ3n) is 7.14. The molecule has 2 heterocycles. The van der Waals surface area contributed by atoms with Crippen LogP contribution in [0.5, 0.6) is 0 Å². The van der Waals surface area contributed by atoms with Crippen LogP contribution in [0.15, 0.2) is 18.2 Å². The highest BCUT2D eigenvalue weighted by molar-refractivity contribution is 6.26. The van der Waals surface area contributed by atoms with Crippen molar-refractivity contribution < 1.29 is 38.2 Å². The number of benzene rings is 1. The molecule has 2 aliphatic heterocycles. The third kappa shape index (κ3) is 7.97. The van der Waals surface area contributed by atoms with E-state index in [4.69, 9.17) is 9.47 Å². The van der Waals surface area contributed by atoms with Gasteiger partial charge >= 0.3 is 5.97 Å². The van der Waals surface area contributed by atoms with Gasteiger partial charge in [0.2, 0.25) is 17.7 Å². The number of piperidine rings is 1.